The van der Waals surface area contributed by atoms with Gasteiger partial charge in [-0.05, 0) is 54.4 Å². The highest BCUT2D eigenvalue weighted by Crippen LogP contribution is 2.32. The van der Waals surface area contributed by atoms with Crippen LogP contribution >= 0.6 is 23.2 Å². The predicted octanol–water partition coefficient (Wildman–Crippen LogP) is 7.02. The van der Waals surface area contributed by atoms with Crippen molar-refractivity contribution in [2.24, 2.45) is 0 Å². The van der Waals surface area contributed by atoms with E-state index in [-0.39, 0.29) is 5.91 Å². The maximum absolute atomic E-state index is 13.2. The Bertz CT molecular complexity index is 1220. The van der Waals surface area contributed by atoms with E-state index in [0.29, 0.717) is 21.3 Å². The molecule has 0 saturated heterocycles. The summed E-state index contributed by atoms with van der Waals surface area (Å²) >= 11 is 12.4. The van der Waals surface area contributed by atoms with Crippen LogP contribution in [-0.2, 0) is 6.42 Å². The fourth-order valence-corrected chi connectivity index (χ4v) is 3.77. The third-order valence-corrected chi connectivity index (χ3v) is 5.31. The fourth-order valence-electron chi connectivity index (χ4n) is 3.27. The van der Waals surface area contributed by atoms with Crippen molar-refractivity contribution in [2.75, 3.05) is 5.32 Å². The Hall–Kier alpha value is -2.88. The normalized spacial score (nSPS) is 10.9. The number of nitrogens with zero attached hydrogens (tertiary/aromatic N) is 1. The van der Waals surface area contributed by atoms with Crippen molar-refractivity contribution in [2.45, 2.75) is 13.3 Å². The van der Waals surface area contributed by atoms with E-state index >= 15 is 0 Å². The quantitative estimate of drug-likeness (QED) is 0.385. The van der Waals surface area contributed by atoms with Gasteiger partial charge >= 0.3 is 0 Å². The lowest BCUT2D eigenvalue weighted by Crippen LogP contribution is -2.13. The largest absolute Gasteiger partial charge is 0.322 e. The van der Waals surface area contributed by atoms with E-state index in [1.165, 1.54) is 0 Å². The number of hydrogen-bond donors (Lipinski definition) is 1. The number of carbonyl (C=O) groups excluding carboxylic acids is 1. The van der Waals surface area contributed by atoms with E-state index in [1.54, 1.807) is 18.2 Å². The van der Waals surface area contributed by atoms with Crippen molar-refractivity contribution in [1.29, 1.82) is 0 Å². The molecular weight excluding hydrogens is 403 g/mol. The number of hydrogen-bond acceptors (Lipinski definition) is 2. The molecule has 29 heavy (non-hydrogen) atoms. The lowest BCUT2D eigenvalue weighted by atomic mass is 10.0. The molecule has 0 aliphatic carbocycles. The molecule has 0 unspecified atom stereocenters. The number of aromatic nitrogens is 1. The summed E-state index contributed by atoms with van der Waals surface area (Å²) in [5.74, 6) is -0.191. The van der Waals surface area contributed by atoms with Crippen LogP contribution in [0.3, 0.4) is 0 Å². The van der Waals surface area contributed by atoms with Crippen LogP contribution in [-0.4, -0.2) is 10.9 Å². The van der Waals surface area contributed by atoms with Gasteiger partial charge in [0.05, 0.1) is 21.8 Å². The van der Waals surface area contributed by atoms with Gasteiger partial charge in [0, 0.05) is 21.7 Å². The summed E-state index contributed by atoms with van der Waals surface area (Å²) in [6, 6.07) is 22.4. The van der Waals surface area contributed by atoms with Crippen molar-refractivity contribution >= 4 is 45.7 Å². The molecule has 1 amide bonds. The molecule has 0 radical (unpaired) electrons. The average molecular weight is 421 g/mol. The lowest BCUT2D eigenvalue weighted by Gasteiger charge is -2.12. The van der Waals surface area contributed by atoms with Gasteiger partial charge < -0.3 is 5.32 Å². The molecular formula is C24H18Cl2N2O. The monoisotopic (exact) mass is 420 g/mol. The van der Waals surface area contributed by atoms with Crippen molar-refractivity contribution in [3.8, 4) is 11.3 Å². The van der Waals surface area contributed by atoms with Gasteiger partial charge in [-0.2, -0.15) is 0 Å². The van der Waals surface area contributed by atoms with Crippen LogP contribution in [0.4, 0.5) is 5.69 Å². The second-order valence-electron chi connectivity index (χ2n) is 6.70. The van der Waals surface area contributed by atoms with Gasteiger partial charge in [0.2, 0.25) is 0 Å². The third kappa shape index (κ3) is 4.12. The first kappa shape index (κ1) is 19.4. The molecule has 0 fully saturated rings. The number of para-hydroxylation sites is 1. The van der Waals surface area contributed by atoms with Crippen LogP contribution in [0, 0.1) is 0 Å². The van der Waals surface area contributed by atoms with E-state index in [1.807, 2.05) is 54.6 Å². The first-order valence-corrected chi connectivity index (χ1v) is 10.1. The Labute approximate surface area is 179 Å². The molecule has 0 aliphatic rings. The predicted molar refractivity (Wildman–Crippen MR) is 121 cm³/mol. The summed E-state index contributed by atoms with van der Waals surface area (Å²) in [7, 11) is 0. The van der Waals surface area contributed by atoms with Gasteiger partial charge in [-0.3, -0.25) is 4.79 Å². The summed E-state index contributed by atoms with van der Waals surface area (Å²) in [6.07, 6.45) is 0.904. The Balaban J connectivity index is 1.81. The summed E-state index contributed by atoms with van der Waals surface area (Å²) in [4.78, 5) is 17.9. The smallest absolute Gasteiger partial charge is 0.256 e. The van der Waals surface area contributed by atoms with Crippen molar-refractivity contribution < 1.29 is 4.79 Å². The second-order valence-corrected chi connectivity index (χ2v) is 7.55. The van der Waals surface area contributed by atoms with Crippen LogP contribution in [0.1, 0.15) is 22.8 Å². The van der Waals surface area contributed by atoms with Gasteiger partial charge in [0.25, 0.3) is 5.91 Å². The van der Waals surface area contributed by atoms with E-state index in [9.17, 15) is 4.79 Å². The van der Waals surface area contributed by atoms with Crippen LogP contribution in [0.25, 0.3) is 22.2 Å². The van der Waals surface area contributed by atoms with Gasteiger partial charge in [0.1, 0.15) is 0 Å². The molecule has 4 rings (SSSR count). The van der Waals surface area contributed by atoms with Crippen molar-refractivity contribution in [1.82, 2.24) is 4.98 Å². The molecule has 4 aromatic rings. The first-order valence-electron chi connectivity index (χ1n) is 9.30. The Morgan fingerprint density at radius 1 is 0.966 bits per heavy atom. The highest BCUT2D eigenvalue weighted by molar-refractivity contribution is 6.36. The van der Waals surface area contributed by atoms with E-state index < -0.39 is 0 Å². The molecule has 0 aliphatic heterocycles. The number of anilines is 1. The Kier molecular flexibility index (Phi) is 5.52. The number of pyridine rings is 1. The van der Waals surface area contributed by atoms with Crippen LogP contribution in [0.15, 0.2) is 72.8 Å². The van der Waals surface area contributed by atoms with Crippen molar-refractivity contribution in [3.05, 3.63) is 94.0 Å². The third-order valence-electron chi connectivity index (χ3n) is 4.76. The molecule has 1 aromatic heterocycles. The first-order chi connectivity index (χ1) is 14.0. The van der Waals surface area contributed by atoms with Gasteiger partial charge in [0.15, 0.2) is 0 Å². The van der Waals surface area contributed by atoms with E-state index in [4.69, 9.17) is 28.2 Å². The average Bonchev–Trinajstić information content (AvgIpc) is 2.73. The molecule has 0 bridgehead atoms. The van der Waals surface area contributed by atoms with Crippen LogP contribution < -0.4 is 5.32 Å². The Morgan fingerprint density at radius 2 is 1.79 bits per heavy atom. The summed E-state index contributed by atoms with van der Waals surface area (Å²) in [6.45, 7) is 2.08. The minimum atomic E-state index is -0.191. The molecule has 0 saturated carbocycles. The molecule has 3 nitrogen and oxygen atoms in total. The highest BCUT2D eigenvalue weighted by Gasteiger charge is 2.16. The standard InChI is InChI=1S/C24H18Cl2N2O/c1-2-15-6-5-7-17(12-15)27-24(29)20-14-23(19-11-10-16(25)13-21(19)26)28-22-9-4-3-8-18(20)22/h3-14H,2H2,1H3,(H,27,29). The Morgan fingerprint density at radius 3 is 2.59 bits per heavy atom. The zero-order valence-electron chi connectivity index (χ0n) is 15.7. The zero-order chi connectivity index (χ0) is 20.4. The van der Waals surface area contributed by atoms with Crippen LogP contribution in [0.5, 0.6) is 0 Å². The summed E-state index contributed by atoms with van der Waals surface area (Å²) < 4.78 is 0. The number of benzene rings is 3. The van der Waals surface area contributed by atoms with E-state index in [0.717, 1.165) is 34.1 Å². The van der Waals surface area contributed by atoms with Gasteiger partial charge in [-0.25, -0.2) is 4.98 Å². The number of amides is 1. The topological polar surface area (TPSA) is 42.0 Å². The zero-order valence-corrected chi connectivity index (χ0v) is 17.3. The molecule has 0 spiro atoms. The lowest BCUT2D eigenvalue weighted by molar-refractivity contribution is 0.102. The highest BCUT2D eigenvalue weighted by atomic mass is 35.5. The van der Waals surface area contributed by atoms with Gasteiger partial charge in [-0.15, -0.1) is 0 Å². The molecule has 1 N–H and O–H groups in total. The number of aryl methyl sites for hydroxylation is 1. The maximum Gasteiger partial charge on any atom is 0.256 e. The van der Waals surface area contributed by atoms with E-state index in [2.05, 4.69) is 12.2 Å². The molecule has 1 heterocycles. The van der Waals surface area contributed by atoms with Gasteiger partial charge in [-0.1, -0.05) is 60.5 Å². The van der Waals surface area contributed by atoms with Crippen molar-refractivity contribution in [3.63, 3.8) is 0 Å². The maximum atomic E-state index is 13.2. The number of carbonyl (C=O) groups is 1. The minimum Gasteiger partial charge on any atom is -0.322 e. The molecule has 0 atom stereocenters. The summed E-state index contributed by atoms with van der Waals surface area (Å²) in [5, 5.41) is 4.83. The fraction of sp³-hybridized carbons (Fsp3) is 0.0833. The minimum absolute atomic E-state index is 0.191. The van der Waals surface area contributed by atoms with Crippen LogP contribution in [0.2, 0.25) is 10.0 Å². The number of nitrogens with one attached hydrogen (secondary N) is 1. The second kappa shape index (κ2) is 8.24. The number of rotatable bonds is 4. The molecule has 5 heteroatoms. The SMILES string of the molecule is CCc1cccc(NC(=O)c2cc(-c3ccc(Cl)cc3Cl)nc3ccccc23)c1. The molecule has 144 valence electrons. The number of halogens is 2. The summed E-state index contributed by atoms with van der Waals surface area (Å²) in [5.41, 5.74) is 4.54. The number of fused-ring (bicyclic) bond motifs is 1. The molecule has 3 aromatic carbocycles.